The molecule has 2 aromatic carbocycles. The van der Waals surface area contributed by atoms with Crippen molar-refractivity contribution in [3.63, 3.8) is 0 Å². The van der Waals surface area contributed by atoms with Crippen molar-refractivity contribution in [3.8, 4) is 5.75 Å². The molecule has 1 nitrogen and oxygen atoms in total. The van der Waals surface area contributed by atoms with Gasteiger partial charge in [-0.2, -0.15) is 0 Å². The predicted molar refractivity (Wildman–Crippen MR) is 94.4 cm³/mol. The van der Waals surface area contributed by atoms with Crippen molar-refractivity contribution in [3.05, 3.63) is 90.2 Å². The molecule has 0 saturated carbocycles. The highest BCUT2D eigenvalue weighted by Gasteiger charge is 2.13. The van der Waals surface area contributed by atoms with Crippen LogP contribution in [0.15, 0.2) is 73.5 Å². The lowest BCUT2D eigenvalue weighted by Gasteiger charge is -2.19. The number of hydrogen-bond donors (Lipinski definition) is 0. The zero-order valence-electron chi connectivity index (χ0n) is 13.7. The molecule has 0 unspecified atom stereocenters. The Bertz CT molecular complexity index is 657. The summed E-state index contributed by atoms with van der Waals surface area (Å²) >= 11 is 0. The van der Waals surface area contributed by atoms with Crippen molar-refractivity contribution in [2.45, 2.75) is 32.6 Å². The van der Waals surface area contributed by atoms with Crippen LogP contribution in [-0.4, -0.2) is 0 Å². The largest absolute Gasteiger partial charge is 0.458 e. The summed E-state index contributed by atoms with van der Waals surface area (Å²) in [5, 5.41) is 0. The molecular weight excluding hydrogens is 268 g/mol. The van der Waals surface area contributed by atoms with Crippen LogP contribution in [0.2, 0.25) is 0 Å². The third kappa shape index (κ3) is 4.11. The molecule has 0 aliphatic heterocycles. The van der Waals surface area contributed by atoms with Crippen molar-refractivity contribution < 1.29 is 4.74 Å². The van der Waals surface area contributed by atoms with Crippen molar-refractivity contribution in [2.75, 3.05) is 0 Å². The van der Waals surface area contributed by atoms with Gasteiger partial charge in [0, 0.05) is 6.42 Å². The minimum Gasteiger partial charge on any atom is -0.458 e. The summed E-state index contributed by atoms with van der Waals surface area (Å²) in [6.45, 7) is 14.2. The first-order chi connectivity index (χ1) is 10.4. The Balaban J connectivity index is 2.20. The highest BCUT2D eigenvalue weighted by atomic mass is 16.5. The molecule has 2 aromatic rings. The SMILES string of the molecule is C=CC(=C)Oc1ccccc1Cc1ccc(C(C)(C)C)cc1. The lowest BCUT2D eigenvalue weighted by Crippen LogP contribution is -2.10. The van der Waals surface area contributed by atoms with Gasteiger partial charge in [0.2, 0.25) is 0 Å². The van der Waals surface area contributed by atoms with Crippen molar-refractivity contribution in [1.29, 1.82) is 0 Å². The molecule has 0 aliphatic rings. The molecule has 0 heterocycles. The van der Waals surface area contributed by atoms with Gasteiger partial charge in [0.15, 0.2) is 0 Å². The standard InChI is InChI=1S/C21H24O/c1-6-16(2)22-20-10-8-7-9-18(20)15-17-11-13-19(14-12-17)21(3,4)5/h6-14H,1-2,15H2,3-5H3. The molecule has 0 radical (unpaired) electrons. The van der Waals surface area contributed by atoms with Crippen LogP contribution in [0.3, 0.4) is 0 Å². The Morgan fingerprint density at radius 2 is 1.68 bits per heavy atom. The number of benzene rings is 2. The molecule has 2 rings (SSSR count). The number of allylic oxidation sites excluding steroid dienone is 1. The minimum absolute atomic E-state index is 0.182. The topological polar surface area (TPSA) is 9.23 Å². The van der Waals surface area contributed by atoms with E-state index < -0.39 is 0 Å². The van der Waals surface area contributed by atoms with Gasteiger partial charge in [0.05, 0.1) is 0 Å². The highest BCUT2D eigenvalue weighted by Crippen LogP contribution is 2.26. The van der Waals surface area contributed by atoms with E-state index >= 15 is 0 Å². The summed E-state index contributed by atoms with van der Waals surface area (Å²) in [6, 6.07) is 16.9. The van der Waals surface area contributed by atoms with E-state index in [-0.39, 0.29) is 5.41 Å². The normalized spacial score (nSPS) is 11.0. The van der Waals surface area contributed by atoms with Crippen molar-refractivity contribution >= 4 is 0 Å². The summed E-state index contributed by atoms with van der Waals surface area (Å²) in [6.07, 6.45) is 2.46. The number of para-hydroxylation sites is 1. The van der Waals surface area contributed by atoms with E-state index in [0.29, 0.717) is 5.76 Å². The molecule has 0 fully saturated rings. The summed E-state index contributed by atoms with van der Waals surface area (Å²) in [5.41, 5.74) is 3.95. The Labute approximate surface area is 134 Å². The van der Waals surface area contributed by atoms with E-state index in [1.165, 1.54) is 11.1 Å². The Morgan fingerprint density at radius 3 is 2.27 bits per heavy atom. The fraction of sp³-hybridized carbons (Fsp3) is 0.238. The Morgan fingerprint density at radius 1 is 1.05 bits per heavy atom. The minimum atomic E-state index is 0.182. The first-order valence-electron chi connectivity index (χ1n) is 7.56. The zero-order valence-corrected chi connectivity index (χ0v) is 13.7. The third-order valence-electron chi connectivity index (χ3n) is 3.66. The van der Waals surface area contributed by atoms with E-state index in [0.717, 1.165) is 17.7 Å². The lowest BCUT2D eigenvalue weighted by molar-refractivity contribution is 0.442. The van der Waals surface area contributed by atoms with Gasteiger partial charge in [0.1, 0.15) is 11.5 Å². The van der Waals surface area contributed by atoms with Gasteiger partial charge in [-0.3, -0.25) is 0 Å². The number of ether oxygens (including phenoxy) is 1. The zero-order chi connectivity index (χ0) is 16.2. The predicted octanol–water partition coefficient (Wildman–Crippen LogP) is 5.65. The maximum atomic E-state index is 5.73. The van der Waals surface area contributed by atoms with Gasteiger partial charge in [0.25, 0.3) is 0 Å². The summed E-state index contributed by atoms with van der Waals surface area (Å²) < 4.78 is 5.73. The fourth-order valence-electron chi connectivity index (χ4n) is 2.27. The van der Waals surface area contributed by atoms with Crippen LogP contribution in [0.5, 0.6) is 5.75 Å². The first kappa shape index (κ1) is 16.1. The summed E-state index contributed by atoms with van der Waals surface area (Å²) in [4.78, 5) is 0. The Kier molecular flexibility index (Phi) is 4.87. The summed E-state index contributed by atoms with van der Waals surface area (Å²) in [7, 11) is 0. The monoisotopic (exact) mass is 292 g/mol. The summed E-state index contributed by atoms with van der Waals surface area (Å²) in [5.74, 6) is 1.41. The average Bonchev–Trinajstić information content (AvgIpc) is 2.49. The van der Waals surface area contributed by atoms with Crippen molar-refractivity contribution in [2.24, 2.45) is 0 Å². The van der Waals surface area contributed by atoms with Crippen molar-refractivity contribution in [1.82, 2.24) is 0 Å². The highest BCUT2D eigenvalue weighted by molar-refractivity contribution is 5.40. The van der Waals surface area contributed by atoms with Crippen LogP contribution in [-0.2, 0) is 11.8 Å². The van der Waals surface area contributed by atoms with E-state index in [9.17, 15) is 0 Å². The molecule has 0 N–H and O–H groups in total. The van der Waals surface area contributed by atoms with E-state index in [2.05, 4.69) is 64.3 Å². The maximum Gasteiger partial charge on any atom is 0.130 e. The average molecular weight is 292 g/mol. The second-order valence-electron chi connectivity index (χ2n) is 6.50. The van der Waals surface area contributed by atoms with Crippen LogP contribution in [0.4, 0.5) is 0 Å². The van der Waals surface area contributed by atoms with Gasteiger partial charge in [-0.15, -0.1) is 0 Å². The van der Waals surface area contributed by atoms with Gasteiger partial charge >= 0.3 is 0 Å². The molecule has 0 atom stereocenters. The maximum absolute atomic E-state index is 5.73. The van der Waals surface area contributed by atoms with Crippen LogP contribution < -0.4 is 4.74 Å². The molecule has 22 heavy (non-hydrogen) atoms. The van der Waals surface area contributed by atoms with Crippen LogP contribution in [0, 0.1) is 0 Å². The Hall–Kier alpha value is -2.28. The second kappa shape index (κ2) is 6.65. The molecule has 0 bridgehead atoms. The van der Waals surface area contributed by atoms with Crippen LogP contribution in [0.25, 0.3) is 0 Å². The van der Waals surface area contributed by atoms with Gasteiger partial charge in [-0.25, -0.2) is 0 Å². The van der Waals surface area contributed by atoms with E-state index in [1.807, 2.05) is 18.2 Å². The van der Waals surface area contributed by atoms with E-state index in [1.54, 1.807) is 6.08 Å². The lowest BCUT2D eigenvalue weighted by atomic mass is 9.86. The van der Waals surface area contributed by atoms with Gasteiger partial charge < -0.3 is 4.74 Å². The molecule has 0 aliphatic carbocycles. The molecule has 114 valence electrons. The molecular formula is C21H24O. The number of hydrogen-bond acceptors (Lipinski definition) is 1. The first-order valence-corrected chi connectivity index (χ1v) is 7.56. The molecule has 0 saturated heterocycles. The second-order valence-corrected chi connectivity index (χ2v) is 6.50. The fourth-order valence-corrected chi connectivity index (χ4v) is 2.27. The quantitative estimate of drug-likeness (QED) is 0.511. The van der Waals surface area contributed by atoms with Gasteiger partial charge in [-0.1, -0.05) is 76.4 Å². The molecule has 0 aromatic heterocycles. The van der Waals surface area contributed by atoms with Crippen LogP contribution >= 0.6 is 0 Å². The molecule has 0 spiro atoms. The molecule has 0 amide bonds. The van der Waals surface area contributed by atoms with Crippen LogP contribution in [0.1, 0.15) is 37.5 Å². The third-order valence-corrected chi connectivity index (χ3v) is 3.66. The van der Waals surface area contributed by atoms with E-state index in [4.69, 9.17) is 4.74 Å². The smallest absolute Gasteiger partial charge is 0.130 e. The van der Waals surface area contributed by atoms with Gasteiger partial charge in [-0.05, 0) is 34.2 Å². The molecule has 1 heteroatoms. The number of rotatable bonds is 5.